The Balaban J connectivity index is 0.944. The van der Waals surface area contributed by atoms with Crippen molar-refractivity contribution in [3.05, 3.63) is 228 Å². The number of hydrogen-bond acceptors (Lipinski definition) is 4. The molecule has 512 valence electrons. The fourth-order valence-corrected chi connectivity index (χ4v) is 18.9. The maximum absolute atomic E-state index is 6.95. The zero-order chi connectivity index (χ0) is 68.2. The van der Waals surface area contributed by atoms with Crippen LogP contribution in [-0.2, 0) is 16.2 Å². The predicted molar refractivity (Wildman–Crippen MR) is 426 cm³/mol. The molecule has 4 heteroatoms. The molecule has 3 aromatic heterocycles. The van der Waals surface area contributed by atoms with E-state index in [9.17, 15) is 0 Å². The second-order valence-electron chi connectivity index (χ2n) is 30.9. The van der Waals surface area contributed by atoms with Gasteiger partial charge in [0.25, 0.3) is 0 Å². The molecule has 0 bridgehead atoms. The summed E-state index contributed by atoms with van der Waals surface area (Å²) in [5, 5.41) is 4.92. The number of benzene rings is 9. The number of furan rings is 2. The first-order chi connectivity index (χ1) is 49.2. The average molecular weight is 1320 g/mol. The third-order valence-corrected chi connectivity index (χ3v) is 24.1. The maximum atomic E-state index is 6.95. The summed E-state index contributed by atoms with van der Waals surface area (Å²) in [7, 11) is 0. The van der Waals surface area contributed by atoms with E-state index in [1.165, 1.54) is 256 Å². The molecule has 3 aliphatic rings. The zero-order valence-electron chi connectivity index (χ0n) is 61.0. The van der Waals surface area contributed by atoms with E-state index in [0.29, 0.717) is 0 Å². The molecule has 9 aromatic carbocycles. The minimum atomic E-state index is -0.345. The van der Waals surface area contributed by atoms with Crippen molar-refractivity contribution in [2.24, 2.45) is 0 Å². The first kappa shape index (κ1) is 67.4. The first-order valence-electron chi connectivity index (χ1n) is 39.5. The summed E-state index contributed by atoms with van der Waals surface area (Å²) in [5.74, 6) is 0. The molecule has 3 aliphatic carbocycles. The number of para-hydroxylation sites is 2. The molecule has 0 atom stereocenters. The van der Waals surface area contributed by atoms with Crippen LogP contribution in [-0.4, -0.2) is 4.98 Å². The summed E-state index contributed by atoms with van der Waals surface area (Å²) in [4.78, 5) is 7.08. The van der Waals surface area contributed by atoms with Crippen molar-refractivity contribution >= 4 is 60.9 Å². The van der Waals surface area contributed by atoms with Crippen LogP contribution >= 0.6 is 0 Å². The summed E-state index contributed by atoms with van der Waals surface area (Å²) in [6.07, 6.45) is 39.2. The highest BCUT2D eigenvalue weighted by Crippen LogP contribution is 2.64. The molecule has 0 unspecified atom stereocenters. The van der Waals surface area contributed by atoms with Crippen LogP contribution in [0.4, 0.5) is 17.1 Å². The van der Waals surface area contributed by atoms with Gasteiger partial charge in [-0.3, -0.25) is 4.98 Å². The topological polar surface area (TPSA) is 42.4 Å². The second-order valence-corrected chi connectivity index (χ2v) is 30.9. The van der Waals surface area contributed by atoms with E-state index < -0.39 is 0 Å². The van der Waals surface area contributed by atoms with Gasteiger partial charge in [0.1, 0.15) is 22.3 Å². The van der Waals surface area contributed by atoms with Crippen molar-refractivity contribution in [3.63, 3.8) is 0 Å². The van der Waals surface area contributed by atoms with Crippen LogP contribution < -0.4 is 4.90 Å². The molecule has 100 heavy (non-hydrogen) atoms. The summed E-state index contributed by atoms with van der Waals surface area (Å²) in [6, 6.07) is 70.5. The lowest BCUT2D eigenvalue weighted by Gasteiger charge is -2.35. The molecule has 0 fully saturated rings. The Kier molecular flexibility index (Phi) is 19.9. The lowest BCUT2D eigenvalue weighted by atomic mass is 9.68. The Hall–Kier alpha value is -8.47. The summed E-state index contributed by atoms with van der Waals surface area (Å²) >= 11 is 0. The van der Waals surface area contributed by atoms with E-state index in [2.05, 4.69) is 233 Å². The SMILES string of the molecule is CCCCCCCCC1(CCCCCCCC)c2cc(N(c3cccc(-c4ccccc4)c3)c3ccc4c(c3)C(C)(C)c3cc(-c5ccncc5)c5oc6ccccc6c5c3-4)ccc2-c2cc3c(cc21)-c1c(ccc2oc4ccccc4c12)C3(CCCCCCCC)CCCCCCCC. The van der Waals surface area contributed by atoms with Gasteiger partial charge < -0.3 is 13.7 Å². The van der Waals surface area contributed by atoms with Crippen LogP contribution in [0.1, 0.15) is 255 Å². The number of aromatic nitrogens is 1. The smallest absolute Gasteiger partial charge is 0.143 e. The first-order valence-corrected chi connectivity index (χ1v) is 39.5. The molecule has 0 saturated heterocycles. The molecular weight excluding hydrogens is 1210 g/mol. The van der Waals surface area contributed by atoms with Gasteiger partial charge in [0, 0.05) is 72.8 Å². The van der Waals surface area contributed by atoms with Gasteiger partial charge in [-0.05, 0) is 194 Å². The Morgan fingerprint density at radius 2 is 0.780 bits per heavy atom. The van der Waals surface area contributed by atoms with Gasteiger partial charge in [-0.1, -0.05) is 293 Å². The van der Waals surface area contributed by atoms with Gasteiger partial charge in [0.15, 0.2) is 0 Å². The summed E-state index contributed by atoms with van der Waals surface area (Å²) in [6.45, 7) is 14.3. The average Bonchev–Trinajstić information content (AvgIpc) is 1.53. The largest absolute Gasteiger partial charge is 0.456 e. The third kappa shape index (κ3) is 12.3. The van der Waals surface area contributed by atoms with Crippen LogP contribution in [0.15, 0.2) is 203 Å². The molecular formula is C96H106N2O2. The molecule has 0 amide bonds. The van der Waals surface area contributed by atoms with Crippen LogP contribution in [0, 0.1) is 0 Å². The highest BCUT2D eigenvalue weighted by atomic mass is 16.3. The number of fused-ring (bicyclic) bond motifs is 17. The van der Waals surface area contributed by atoms with Gasteiger partial charge in [0.2, 0.25) is 0 Å². The molecule has 0 aliphatic heterocycles. The van der Waals surface area contributed by atoms with Gasteiger partial charge in [-0.15, -0.1) is 0 Å². The molecule has 0 saturated carbocycles. The van der Waals surface area contributed by atoms with Crippen molar-refractivity contribution in [3.8, 4) is 55.6 Å². The maximum Gasteiger partial charge on any atom is 0.143 e. The van der Waals surface area contributed by atoms with Crippen molar-refractivity contribution in [1.82, 2.24) is 4.98 Å². The lowest BCUT2D eigenvalue weighted by Crippen LogP contribution is -2.27. The Morgan fingerprint density at radius 1 is 0.310 bits per heavy atom. The van der Waals surface area contributed by atoms with Crippen molar-refractivity contribution < 1.29 is 8.83 Å². The van der Waals surface area contributed by atoms with E-state index in [1.54, 1.807) is 16.7 Å². The van der Waals surface area contributed by atoms with Crippen molar-refractivity contribution in [2.75, 3.05) is 4.90 Å². The van der Waals surface area contributed by atoms with Crippen LogP contribution in [0.3, 0.4) is 0 Å². The fraction of sp³-hybridized carbons (Fsp3) is 0.385. The Morgan fingerprint density at radius 3 is 1.40 bits per heavy atom. The number of unbranched alkanes of at least 4 members (excludes halogenated alkanes) is 20. The van der Waals surface area contributed by atoms with E-state index in [0.717, 1.165) is 57.4 Å². The summed E-state index contributed by atoms with van der Waals surface area (Å²) in [5.41, 5.74) is 28.8. The van der Waals surface area contributed by atoms with Gasteiger partial charge in [-0.2, -0.15) is 0 Å². The van der Waals surface area contributed by atoms with Gasteiger partial charge in [-0.25, -0.2) is 0 Å². The quantitative estimate of drug-likeness (QED) is 0.0385. The monoisotopic (exact) mass is 1320 g/mol. The normalized spacial score (nSPS) is 14.3. The number of nitrogens with zero attached hydrogens (tertiary/aromatic N) is 2. The van der Waals surface area contributed by atoms with Crippen molar-refractivity contribution in [2.45, 2.75) is 238 Å². The molecule has 0 radical (unpaired) electrons. The van der Waals surface area contributed by atoms with Crippen LogP contribution in [0.25, 0.3) is 99.5 Å². The molecule has 4 nitrogen and oxygen atoms in total. The molecule has 12 aromatic rings. The van der Waals surface area contributed by atoms with Gasteiger partial charge >= 0.3 is 0 Å². The standard InChI is InChI=1S/C96H106N2O2/c1-7-11-15-19-23-34-55-95(56-35-24-20-16-12-8-2)80-51-52-88-91(75-43-30-32-45-86(75)99-88)90(80)79-66-83-78(65-84(79)95)73-49-47-72(63-82(73)96(83,57-36-25-21-17-13-9-3)58-37-26-22-18-14-10-4)98(70-42-38-41-69(61-70)67-39-28-27-29-40-67)71-48-50-74-81(62-71)94(5,6)85-64-77(68-53-59-97-60-54-68)93-92(89(74)85)76-44-31-33-46-87(76)100-93/h27-33,38-54,59-66H,7-26,34-37,55-58H2,1-6H3. The second kappa shape index (κ2) is 29.6. The zero-order valence-corrected chi connectivity index (χ0v) is 61.0. The van der Waals surface area contributed by atoms with E-state index in [4.69, 9.17) is 8.83 Å². The fourth-order valence-electron chi connectivity index (χ4n) is 18.9. The van der Waals surface area contributed by atoms with E-state index in [-0.39, 0.29) is 16.2 Å². The van der Waals surface area contributed by atoms with E-state index in [1.807, 2.05) is 12.4 Å². The predicted octanol–water partition coefficient (Wildman–Crippen LogP) is 29.5. The van der Waals surface area contributed by atoms with Crippen LogP contribution in [0.5, 0.6) is 0 Å². The summed E-state index contributed by atoms with van der Waals surface area (Å²) < 4.78 is 13.9. The van der Waals surface area contributed by atoms with Crippen LogP contribution in [0.2, 0.25) is 0 Å². The molecule has 0 spiro atoms. The Bertz CT molecular complexity index is 4810. The number of anilines is 3. The lowest BCUT2D eigenvalue weighted by molar-refractivity contribution is 0.394. The van der Waals surface area contributed by atoms with Gasteiger partial charge in [0.05, 0.1) is 0 Å². The Labute approximate surface area is 597 Å². The highest BCUT2D eigenvalue weighted by Gasteiger charge is 2.49. The van der Waals surface area contributed by atoms with Crippen molar-refractivity contribution in [1.29, 1.82) is 0 Å². The molecule has 3 heterocycles. The number of pyridine rings is 1. The highest BCUT2D eigenvalue weighted by molar-refractivity contribution is 6.19. The number of rotatable bonds is 33. The molecule has 0 N–H and O–H groups in total. The molecule has 15 rings (SSSR count). The third-order valence-electron chi connectivity index (χ3n) is 24.1. The van der Waals surface area contributed by atoms with E-state index >= 15 is 0 Å². The minimum absolute atomic E-state index is 0.107. The number of hydrogen-bond donors (Lipinski definition) is 0. The minimum Gasteiger partial charge on any atom is -0.456 e.